The van der Waals surface area contributed by atoms with Gasteiger partial charge in [-0.3, -0.25) is 4.79 Å². The summed E-state index contributed by atoms with van der Waals surface area (Å²) in [6.07, 6.45) is 5.67. The van der Waals surface area contributed by atoms with Crippen molar-refractivity contribution in [3.8, 4) is 0 Å². The van der Waals surface area contributed by atoms with E-state index < -0.39 is 5.97 Å². The molecule has 0 radical (unpaired) electrons. The minimum absolute atomic E-state index is 0.177. The molecule has 7 heteroatoms. The van der Waals surface area contributed by atoms with E-state index in [9.17, 15) is 9.59 Å². The Balaban J connectivity index is 2.00. The number of hydrogen-bond acceptors (Lipinski definition) is 3. The summed E-state index contributed by atoms with van der Waals surface area (Å²) in [5.41, 5.74) is 0. The minimum Gasteiger partial charge on any atom is -0.481 e. The van der Waals surface area contributed by atoms with Crippen molar-refractivity contribution in [3.05, 3.63) is 18.2 Å². The zero-order valence-corrected chi connectivity index (χ0v) is 11.7. The Morgan fingerprint density at radius 3 is 2.75 bits per heavy atom. The van der Waals surface area contributed by atoms with Gasteiger partial charge in [-0.15, -0.1) is 0 Å². The summed E-state index contributed by atoms with van der Waals surface area (Å²) in [5, 5.41) is 14.1. The van der Waals surface area contributed by atoms with Crippen LogP contribution in [0.3, 0.4) is 0 Å². The number of carboxylic acid groups (broad SMARTS) is 1. The molecule has 7 nitrogen and oxygen atoms in total. The van der Waals surface area contributed by atoms with Gasteiger partial charge < -0.3 is 20.7 Å². The van der Waals surface area contributed by atoms with Gasteiger partial charge in [0.1, 0.15) is 5.82 Å². The van der Waals surface area contributed by atoms with Crippen LogP contribution in [0.1, 0.15) is 32.0 Å². The average molecular weight is 282 g/mol. The van der Waals surface area contributed by atoms with Gasteiger partial charge in [0.05, 0.1) is 0 Å². The highest BCUT2D eigenvalue weighted by Crippen LogP contribution is 2.08. The van der Waals surface area contributed by atoms with Crippen LogP contribution in [0.5, 0.6) is 0 Å². The molecule has 0 aromatic carbocycles. The number of nitrogens with zero attached hydrogens (tertiary/aromatic N) is 1. The Bertz CT molecular complexity index is 406. The van der Waals surface area contributed by atoms with E-state index in [0.717, 1.165) is 12.2 Å². The lowest BCUT2D eigenvalue weighted by molar-refractivity contribution is -0.137. The molecule has 1 aromatic heterocycles. The largest absolute Gasteiger partial charge is 0.481 e. The van der Waals surface area contributed by atoms with Crippen LogP contribution in [0.4, 0.5) is 4.79 Å². The molecule has 0 spiro atoms. The fourth-order valence-corrected chi connectivity index (χ4v) is 1.74. The SMILES string of the molecule is CC(CCNC(=O)NCCc1ncc[nH]1)CCC(=O)O. The van der Waals surface area contributed by atoms with E-state index >= 15 is 0 Å². The Hall–Kier alpha value is -2.05. The quantitative estimate of drug-likeness (QED) is 0.545. The number of carbonyl (C=O) groups is 2. The first-order chi connectivity index (χ1) is 9.58. The van der Waals surface area contributed by atoms with Crippen LogP contribution in [0, 0.1) is 5.92 Å². The minimum atomic E-state index is -0.777. The number of carbonyl (C=O) groups excluding carboxylic acids is 1. The van der Waals surface area contributed by atoms with E-state index in [1.807, 2.05) is 6.92 Å². The molecule has 20 heavy (non-hydrogen) atoms. The van der Waals surface area contributed by atoms with Gasteiger partial charge in [0.2, 0.25) is 0 Å². The lowest BCUT2D eigenvalue weighted by Crippen LogP contribution is -2.37. The molecule has 0 aliphatic carbocycles. The van der Waals surface area contributed by atoms with Crippen molar-refractivity contribution in [1.82, 2.24) is 20.6 Å². The summed E-state index contributed by atoms with van der Waals surface area (Å²) >= 11 is 0. The molecule has 112 valence electrons. The molecule has 0 saturated heterocycles. The Kier molecular flexibility index (Phi) is 7.16. The highest BCUT2D eigenvalue weighted by Gasteiger charge is 2.06. The van der Waals surface area contributed by atoms with Gasteiger partial charge in [-0.1, -0.05) is 6.92 Å². The molecule has 2 amide bonds. The van der Waals surface area contributed by atoms with E-state index in [4.69, 9.17) is 5.11 Å². The smallest absolute Gasteiger partial charge is 0.314 e. The van der Waals surface area contributed by atoms with Crippen molar-refractivity contribution in [2.45, 2.75) is 32.6 Å². The third kappa shape index (κ3) is 7.40. The van der Waals surface area contributed by atoms with E-state index in [1.54, 1.807) is 12.4 Å². The molecule has 1 rings (SSSR count). The normalized spacial score (nSPS) is 11.8. The molecule has 0 aliphatic heterocycles. The molecule has 1 unspecified atom stereocenters. The van der Waals surface area contributed by atoms with Crippen LogP contribution in [-0.2, 0) is 11.2 Å². The monoisotopic (exact) mass is 282 g/mol. The lowest BCUT2D eigenvalue weighted by atomic mass is 10.0. The Morgan fingerprint density at radius 1 is 1.35 bits per heavy atom. The van der Waals surface area contributed by atoms with Gasteiger partial charge in [0, 0.05) is 38.3 Å². The number of hydrogen-bond donors (Lipinski definition) is 4. The number of rotatable bonds is 9. The van der Waals surface area contributed by atoms with E-state index in [2.05, 4.69) is 20.6 Å². The number of carboxylic acids is 1. The fourth-order valence-electron chi connectivity index (χ4n) is 1.74. The second kappa shape index (κ2) is 8.95. The molecule has 0 saturated carbocycles. The Labute approximate surface area is 118 Å². The number of nitrogens with one attached hydrogen (secondary N) is 3. The number of aromatic amines is 1. The summed E-state index contributed by atoms with van der Waals surface area (Å²) in [7, 11) is 0. The van der Waals surface area contributed by atoms with Gasteiger partial charge in [0.15, 0.2) is 0 Å². The summed E-state index contributed by atoms with van der Waals surface area (Å²) in [5.74, 6) is 0.350. The van der Waals surface area contributed by atoms with Gasteiger partial charge in [-0.2, -0.15) is 0 Å². The highest BCUT2D eigenvalue weighted by molar-refractivity contribution is 5.73. The van der Waals surface area contributed by atoms with E-state index in [-0.39, 0.29) is 18.4 Å². The maximum Gasteiger partial charge on any atom is 0.314 e. The first kappa shape index (κ1) is 16.0. The topological polar surface area (TPSA) is 107 Å². The first-order valence-electron chi connectivity index (χ1n) is 6.79. The summed E-state index contributed by atoms with van der Waals surface area (Å²) in [6.45, 7) is 3.06. The number of aromatic nitrogens is 2. The van der Waals surface area contributed by atoms with Crippen LogP contribution < -0.4 is 10.6 Å². The molecule has 4 N–H and O–H groups in total. The van der Waals surface area contributed by atoms with Gasteiger partial charge in [-0.05, 0) is 18.8 Å². The van der Waals surface area contributed by atoms with Crippen molar-refractivity contribution in [1.29, 1.82) is 0 Å². The zero-order chi connectivity index (χ0) is 14.8. The van der Waals surface area contributed by atoms with Crippen LogP contribution in [0.15, 0.2) is 12.4 Å². The van der Waals surface area contributed by atoms with E-state index in [0.29, 0.717) is 25.9 Å². The molecular formula is C13H22N4O3. The van der Waals surface area contributed by atoms with Crippen molar-refractivity contribution in [2.24, 2.45) is 5.92 Å². The second-order valence-electron chi connectivity index (χ2n) is 4.79. The number of urea groups is 1. The van der Waals surface area contributed by atoms with Crippen molar-refractivity contribution in [2.75, 3.05) is 13.1 Å². The molecule has 1 aromatic rings. The predicted octanol–water partition coefficient (Wildman–Crippen LogP) is 1.14. The van der Waals surface area contributed by atoms with Crippen LogP contribution >= 0.6 is 0 Å². The summed E-state index contributed by atoms with van der Waals surface area (Å²) < 4.78 is 0. The van der Waals surface area contributed by atoms with Crippen LogP contribution in [-0.4, -0.2) is 40.2 Å². The third-order valence-corrected chi connectivity index (χ3v) is 2.98. The van der Waals surface area contributed by atoms with Crippen molar-refractivity contribution < 1.29 is 14.7 Å². The standard InChI is InChI=1S/C13H22N4O3/c1-10(2-3-12(18)19)4-6-16-13(20)17-7-5-11-14-8-9-15-11/h8-10H,2-7H2,1H3,(H,14,15)(H,18,19)(H2,16,17,20). The van der Waals surface area contributed by atoms with Crippen molar-refractivity contribution >= 4 is 12.0 Å². The zero-order valence-electron chi connectivity index (χ0n) is 11.7. The lowest BCUT2D eigenvalue weighted by Gasteiger charge is -2.11. The van der Waals surface area contributed by atoms with E-state index in [1.165, 1.54) is 0 Å². The average Bonchev–Trinajstić information content (AvgIpc) is 2.89. The first-order valence-corrected chi connectivity index (χ1v) is 6.79. The van der Waals surface area contributed by atoms with Crippen LogP contribution in [0.2, 0.25) is 0 Å². The predicted molar refractivity (Wildman–Crippen MR) is 74.3 cm³/mol. The van der Waals surface area contributed by atoms with Gasteiger partial charge in [-0.25, -0.2) is 9.78 Å². The summed E-state index contributed by atoms with van der Waals surface area (Å²) in [6, 6.07) is -0.206. The van der Waals surface area contributed by atoms with Gasteiger partial charge in [0.25, 0.3) is 0 Å². The number of aliphatic carboxylic acids is 1. The van der Waals surface area contributed by atoms with Crippen molar-refractivity contribution in [3.63, 3.8) is 0 Å². The number of imidazole rings is 1. The second-order valence-corrected chi connectivity index (χ2v) is 4.79. The van der Waals surface area contributed by atoms with Crippen LogP contribution in [0.25, 0.3) is 0 Å². The Morgan fingerprint density at radius 2 is 2.10 bits per heavy atom. The van der Waals surface area contributed by atoms with Gasteiger partial charge >= 0.3 is 12.0 Å². The fraction of sp³-hybridized carbons (Fsp3) is 0.615. The maximum atomic E-state index is 11.5. The molecule has 1 heterocycles. The number of H-pyrrole nitrogens is 1. The molecule has 0 bridgehead atoms. The highest BCUT2D eigenvalue weighted by atomic mass is 16.4. The third-order valence-electron chi connectivity index (χ3n) is 2.98. The molecule has 0 fully saturated rings. The molecule has 1 atom stereocenters. The molecule has 0 aliphatic rings. The summed E-state index contributed by atoms with van der Waals surface area (Å²) in [4.78, 5) is 28.9. The number of amides is 2. The molecular weight excluding hydrogens is 260 g/mol. The maximum absolute atomic E-state index is 11.5.